The Labute approximate surface area is 157 Å². The predicted molar refractivity (Wildman–Crippen MR) is 103 cm³/mol. The normalized spacial score (nSPS) is 15.2. The van der Waals surface area contributed by atoms with Crippen LogP contribution in [0.25, 0.3) is 16.7 Å². The van der Waals surface area contributed by atoms with Gasteiger partial charge in [-0.2, -0.15) is 5.10 Å². The van der Waals surface area contributed by atoms with Crippen LogP contribution in [0.1, 0.15) is 11.3 Å². The number of halogens is 1. The average molecular weight is 372 g/mol. The Morgan fingerprint density at radius 3 is 2.96 bits per heavy atom. The van der Waals surface area contributed by atoms with Crippen molar-refractivity contribution in [2.45, 2.75) is 13.3 Å². The standard InChI is InChI=1S/C19H22ClN5O/c1-13-16(6-8-24-10-7-21-12-18(24)26)19(23(2)22-13)25-9-5-14-11-15(20)3-4-17(14)25/h3-5,9,11,21H,6-8,10,12H2,1-2H3. The van der Waals surface area contributed by atoms with Crippen LogP contribution in [0, 0.1) is 6.92 Å². The second-order valence-electron chi connectivity index (χ2n) is 6.71. The fraction of sp³-hybridized carbons (Fsp3) is 0.368. The molecular weight excluding hydrogens is 350 g/mol. The lowest BCUT2D eigenvalue weighted by molar-refractivity contribution is -0.131. The van der Waals surface area contributed by atoms with Gasteiger partial charge >= 0.3 is 0 Å². The Hall–Kier alpha value is -2.31. The number of benzene rings is 1. The Morgan fingerprint density at radius 2 is 2.15 bits per heavy atom. The highest BCUT2D eigenvalue weighted by molar-refractivity contribution is 6.31. The Bertz CT molecular complexity index is 974. The van der Waals surface area contributed by atoms with Gasteiger partial charge in [-0.1, -0.05) is 11.6 Å². The number of aromatic nitrogens is 3. The van der Waals surface area contributed by atoms with E-state index in [0.29, 0.717) is 13.1 Å². The summed E-state index contributed by atoms with van der Waals surface area (Å²) in [5, 5.41) is 9.57. The molecule has 1 saturated heterocycles. The minimum Gasteiger partial charge on any atom is -0.340 e. The van der Waals surface area contributed by atoms with Gasteiger partial charge in [-0.3, -0.25) is 9.48 Å². The molecule has 2 aromatic heterocycles. The minimum absolute atomic E-state index is 0.167. The van der Waals surface area contributed by atoms with Crippen LogP contribution in [0.15, 0.2) is 30.5 Å². The molecular formula is C19H22ClN5O. The Kier molecular flexibility index (Phi) is 4.46. The summed E-state index contributed by atoms with van der Waals surface area (Å²) < 4.78 is 4.07. The summed E-state index contributed by atoms with van der Waals surface area (Å²) in [5.74, 6) is 1.21. The van der Waals surface area contributed by atoms with Gasteiger partial charge in [-0.15, -0.1) is 0 Å². The lowest BCUT2D eigenvalue weighted by Crippen LogP contribution is -2.48. The highest BCUT2D eigenvalue weighted by Gasteiger charge is 2.21. The van der Waals surface area contributed by atoms with E-state index < -0.39 is 0 Å². The number of nitrogens with one attached hydrogen (secondary N) is 1. The summed E-state index contributed by atoms with van der Waals surface area (Å²) in [6.07, 6.45) is 2.84. The maximum Gasteiger partial charge on any atom is 0.236 e. The van der Waals surface area contributed by atoms with Crippen molar-refractivity contribution in [3.8, 4) is 5.82 Å². The maximum atomic E-state index is 12.1. The molecule has 3 aromatic rings. The molecule has 3 heterocycles. The number of hydrogen-bond acceptors (Lipinski definition) is 3. The first kappa shape index (κ1) is 17.1. The van der Waals surface area contributed by atoms with Gasteiger partial charge < -0.3 is 14.8 Å². The number of amides is 1. The van der Waals surface area contributed by atoms with Crippen molar-refractivity contribution in [2.75, 3.05) is 26.2 Å². The number of aryl methyl sites for hydroxylation is 2. The van der Waals surface area contributed by atoms with Crippen LogP contribution >= 0.6 is 11.6 Å². The molecule has 0 aliphatic carbocycles. The lowest BCUT2D eigenvalue weighted by atomic mass is 10.1. The zero-order valence-electron chi connectivity index (χ0n) is 15.0. The van der Waals surface area contributed by atoms with E-state index in [1.807, 2.05) is 41.8 Å². The van der Waals surface area contributed by atoms with Gasteiger partial charge in [-0.05, 0) is 37.6 Å². The summed E-state index contributed by atoms with van der Waals surface area (Å²) >= 11 is 6.12. The number of rotatable bonds is 4. The van der Waals surface area contributed by atoms with E-state index in [1.54, 1.807) is 0 Å². The van der Waals surface area contributed by atoms with E-state index in [1.165, 1.54) is 5.56 Å². The monoisotopic (exact) mass is 371 g/mol. The van der Waals surface area contributed by atoms with E-state index in [9.17, 15) is 4.79 Å². The summed E-state index contributed by atoms with van der Waals surface area (Å²) in [4.78, 5) is 14.0. The van der Waals surface area contributed by atoms with Gasteiger partial charge in [0, 0.05) is 48.9 Å². The van der Waals surface area contributed by atoms with Crippen LogP contribution in [0.4, 0.5) is 0 Å². The molecule has 4 rings (SSSR count). The number of hydrogen-bond donors (Lipinski definition) is 1. The number of carbonyl (C=O) groups excluding carboxylic acids is 1. The van der Waals surface area contributed by atoms with Crippen LogP contribution in [-0.4, -0.2) is 51.3 Å². The Balaban J connectivity index is 1.69. The van der Waals surface area contributed by atoms with Crippen molar-refractivity contribution >= 4 is 28.4 Å². The average Bonchev–Trinajstić information content (AvgIpc) is 3.13. The number of carbonyl (C=O) groups is 1. The molecule has 1 aromatic carbocycles. The Morgan fingerprint density at radius 1 is 1.31 bits per heavy atom. The van der Waals surface area contributed by atoms with E-state index in [2.05, 4.69) is 27.2 Å². The van der Waals surface area contributed by atoms with Crippen LogP contribution in [-0.2, 0) is 18.3 Å². The minimum atomic E-state index is 0.167. The zero-order valence-corrected chi connectivity index (χ0v) is 15.8. The summed E-state index contributed by atoms with van der Waals surface area (Å²) in [5.41, 5.74) is 3.27. The SMILES string of the molecule is Cc1nn(C)c(-n2ccc3cc(Cl)ccc32)c1CCN1CCNCC1=O. The molecule has 1 amide bonds. The molecule has 0 radical (unpaired) electrons. The van der Waals surface area contributed by atoms with E-state index in [4.69, 9.17) is 11.6 Å². The topological polar surface area (TPSA) is 55.1 Å². The molecule has 6 nitrogen and oxygen atoms in total. The predicted octanol–water partition coefficient (Wildman–Crippen LogP) is 2.30. The van der Waals surface area contributed by atoms with Crippen molar-refractivity contribution < 1.29 is 4.79 Å². The van der Waals surface area contributed by atoms with Gasteiger partial charge in [0.2, 0.25) is 5.91 Å². The van der Waals surface area contributed by atoms with Gasteiger partial charge in [-0.25, -0.2) is 0 Å². The molecule has 0 bridgehead atoms. The second kappa shape index (κ2) is 6.78. The van der Waals surface area contributed by atoms with E-state index in [-0.39, 0.29) is 5.91 Å². The fourth-order valence-electron chi connectivity index (χ4n) is 3.71. The quantitative estimate of drug-likeness (QED) is 0.765. The highest BCUT2D eigenvalue weighted by Crippen LogP contribution is 2.27. The molecule has 1 aliphatic heterocycles. The number of fused-ring (bicyclic) bond motifs is 1. The second-order valence-corrected chi connectivity index (χ2v) is 7.14. The molecule has 1 aliphatic rings. The first-order valence-electron chi connectivity index (χ1n) is 8.82. The van der Waals surface area contributed by atoms with E-state index >= 15 is 0 Å². The fourth-order valence-corrected chi connectivity index (χ4v) is 3.89. The maximum absolute atomic E-state index is 12.1. The van der Waals surface area contributed by atoms with Gasteiger partial charge in [0.1, 0.15) is 5.82 Å². The molecule has 0 saturated carbocycles. The summed E-state index contributed by atoms with van der Waals surface area (Å²) in [6, 6.07) is 7.97. The van der Waals surface area contributed by atoms with Crippen molar-refractivity contribution in [3.63, 3.8) is 0 Å². The third-order valence-corrected chi connectivity index (χ3v) is 5.25. The zero-order chi connectivity index (χ0) is 18.3. The largest absolute Gasteiger partial charge is 0.340 e. The molecule has 1 fully saturated rings. The van der Waals surface area contributed by atoms with Gasteiger partial charge in [0.25, 0.3) is 0 Å². The number of piperazine rings is 1. The van der Waals surface area contributed by atoms with Crippen LogP contribution in [0.2, 0.25) is 5.02 Å². The smallest absolute Gasteiger partial charge is 0.236 e. The summed E-state index contributed by atoms with van der Waals surface area (Å²) in [7, 11) is 1.96. The molecule has 0 unspecified atom stereocenters. The molecule has 0 atom stereocenters. The van der Waals surface area contributed by atoms with Crippen LogP contribution in [0.3, 0.4) is 0 Å². The summed E-state index contributed by atoms with van der Waals surface area (Å²) in [6.45, 7) is 4.79. The molecule has 136 valence electrons. The van der Waals surface area contributed by atoms with E-state index in [0.717, 1.165) is 46.9 Å². The van der Waals surface area contributed by atoms with Crippen molar-refractivity contribution in [1.29, 1.82) is 0 Å². The lowest BCUT2D eigenvalue weighted by Gasteiger charge is -2.27. The first-order valence-corrected chi connectivity index (χ1v) is 9.20. The van der Waals surface area contributed by atoms with Crippen LogP contribution in [0.5, 0.6) is 0 Å². The molecule has 7 heteroatoms. The molecule has 26 heavy (non-hydrogen) atoms. The van der Waals surface area contributed by atoms with Gasteiger partial charge in [0.15, 0.2) is 0 Å². The third kappa shape index (κ3) is 2.99. The van der Waals surface area contributed by atoms with Crippen molar-refractivity contribution in [1.82, 2.24) is 24.6 Å². The third-order valence-electron chi connectivity index (χ3n) is 5.01. The molecule has 0 spiro atoms. The number of nitrogens with zero attached hydrogens (tertiary/aromatic N) is 4. The van der Waals surface area contributed by atoms with Crippen molar-refractivity contribution in [3.05, 3.63) is 46.7 Å². The first-order chi connectivity index (χ1) is 12.5. The van der Waals surface area contributed by atoms with Crippen molar-refractivity contribution in [2.24, 2.45) is 7.05 Å². The molecule has 1 N–H and O–H groups in total. The van der Waals surface area contributed by atoms with Gasteiger partial charge in [0.05, 0.1) is 17.8 Å². The van der Waals surface area contributed by atoms with Crippen LogP contribution < -0.4 is 5.32 Å². The highest BCUT2D eigenvalue weighted by atomic mass is 35.5.